The molecule has 0 aliphatic carbocycles. The van der Waals surface area contributed by atoms with Gasteiger partial charge in [0.05, 0.1) is 19.1 Å². The summed E-state index contributed by atoms with van der Waals surface area (Å²) in [5.74, 6) is 0.159. The van der Waals surface area contributed by atoms with Crippen molar-refractivity contribution in [2.75, 3.05) is 14.2 Å². The van der Waals surface area contributed by atoms with Gasteiger partial charge in [0.25, 0.3) is 5.56 Å². The molecule has 10 heteroatoms. The number of rotatable bonds is 9. The molecule has 4 aromatic rings. The van der Waals surface area contributed by atoms with E-state index in [1.54, 1.807) is 42.5 Å². The van der Waals surface area contributed by atoms with Gasteiger partial charge in [-0.1, -0.05) is 55.8 Å². The minimum atomic E-state index is -4.47. The monoisotopic (exact) mass is 568 g/mol. The van der Waals surface area contributed by atoms with Crippen LogP contribution in [0.25, 0.3) is 16.8 Å². The van der Waals surface area contributed by atoms with Crippen LogP contribution in [-0.4, -0.2) is 37.3 Å². The van der Waals surface area contributed by atoms with E-state index in [1.165, 1.54) is 26.4 Å². The van der Waals surface area contributed by atoms with Gasteiger partial charge in [0.15, 0.2) is 4.90 Å². The standard InChI is InChI=1S/C29H29ClN2O6S/c1-18(2)8-17-25-31-28(33)27(29(34)32(25)26-23(37-3)6-5-7-24(26)38-4)39(35,36)22-15-11-20(12-16-22)19-9-13-21(30)14-10-19/h5-7,9-16,18,33H,8,17H2,1-4H3. The first-order valence-corrected chi connectivity index (χ1v) is 14.1. The number of aromatic hydroxyl groups is 1. The molecule has 0 spiro atoms. The third-order valence-corrected chi connectivity index (χ3v) is 8.31. The number of ether oxygens (including phenoxy) is 2. The molecule has 0 saturated carbocycles. The zero-order valence-corrected chi connectivity index (χ0v) is 23.6. The van der Waals surface area contributed by atoms with Crippen molar-refractivity contribution >= 4 is 21.4 Å². The lowest BCUT2D eigenvalue weighted by atomic mass is 10.1. The lowest BCUT2D eigenvalue weighted by Crippen LogP contribution is -2.30. The third-order valence-electron chi connectivity index (χ3n) is 6.28. The molecule has 0 unspecified atom stereocenters. The van der Waals surface area contributed by atoms with Crippen molar-refractivity contribution in [2.24, 2.45) is 5.92 Å². The Hall–Kier alpha value is -3.82. The summed E-state index contributed by atoms with van der Waals surface area (Å²) in [7, 11) is -1.60. The first-order chi connectivity index (χ1) is 18.6. The van der Waals surface area contributed by atoms with Gasteiger partial charge in [-0.2, -0.15) is 4.98 Å². The molecule has 0 fully saturated rings. The van der Waals surface area contributed by atoms with Crippen molar-refractivity contribution in [3.8, 4) is 34.2 Å². The van der Waals surface area contributed by atoms with Crippen molar-refractivity contribution < 1.29 is 23.0 Å². The first-order valence-electron chi connectivity index (χ1n) is 12.3. The minimum absolute atomic E-state index is 0.164. The topological polar surface area (TPSA) is 108 Å². The number of sulfone groups is 1. The normalized spacial score (nSPS) is 11.5. The Kier molecular flexibility index (Phi) is 8.32. The predicted octanol–water partition coefficient (Wildman–Crippen LogP) is 5.70. The van der Waals surface area contributed by atoms with E-state index in [-0.39, 0.29) is 33.8 Å². The van der Waals surface area contributed by atoms with Crippen molar-refractivity contribution in [3.05, 3.63) is 87.9 Å². The zero-order valence-electron chi connectivity index (χ0n) is 22.0. The van der Waals surface area contributed by atoms with E-state index >= 15 is 0 Å². The Bertz CT molecular complexity index is 1630. The van der Waals surface area contributed by atoms with Gasteiger partial charge in [0, 0.05) is 11.4 Å². The average Bonchev–Trinajstić information content (AvgIpc) is 2.91. The molecule has 0 saturated heterocycles. The predicted molar refractivity (Wildman–Crippen MR) is 150 cm³/mol. The molecule has 3 aromatic carbocycles. The number of hydrogen-bond donors (Lipinski definition) is 1. The number of hydrogen-bond acceptors (Lipinski definition) is 7. The highest BCUT2D eigenvalue weighted by molar-refractivity contribution is 7.91. The van der Waals surface area contributed by atoms with Crippen LogP contribution >= 0.6 is 11.6 Å². The van der Waals surface area contributed by atoms with Crippen molar-refractivity contribution in [1.29, 1.82) is 0 Å². The van der Waals surface area contributed by atoms with E-state index in [9.17, 15) is 18.3 Å². The van der Waals surface area contributed by atoms with Gasteiger partial charge < -0.3 is 14.6 Å². The number of benzene rings is 3. The molecule has 4 rings (SSSR count). The van der Waals surface area contributed by atoms with Gasteiger partial charge in [0.1, 0.15) is 23.0 Å². The van der Waals surface area contributed by atoms with E-state index in [0.29, 0.717) is 17.9 Å². The molecule has 0 aliphatic heterocycles. The zero-order chi connectivity index (χ0) is 28.3. The summed E-state index contributed by atoms with van der Waals surface area (Å²) >= 11 is 5.97. The van der Waals surface area contributed by atoms with Crippen LogP contribution in [0.4, 0.5) is 0 Å². The van der Waals surface area contributed by atoms with Gasteiger partial charge in [0.2, 0.25) is 15.7 Å². The first kappa shape index (κ1) is 28.2. The lowest BCUT2D eigenvalue weighted by Gasteiger charge is -2.20. The molecule has 8 nitrogen and oxygen atoms in total. The second-order valence-electron chi connectivity index (χ2n) is 9.30. The second kappa shape index (κ2) is 11.5. The van der Waals surface area contributed by atoms with Crippen molar-refractivity contribution in [1.82, 2.24) is 9.55 Å². The Balaban J connectivity index is 1.92. The minimum Gasteiger partial charge on any atom is -0.494 e. The largest absolute Gasteiger partial charge is 0.494 e. The van der Waals surface area contributed by atoms with E-state index < -0.39 is 26.2 Å². The molecule has 39 heavy (non-hydrogen) atoms. The molecule has 204 valence electrons. The van der Waals surface area contributed by atoms with Crippen molar-refractivity contribution in [3.63, 3.8) is 0 Å². The Labute approximate surface area is 232 Å². The fourth-order valence-electron chi connectivity index (χ4n) is 4.23. The molecule has 0 amide bonds. The summed E-state index contributed by atoms with van der Waals surface area (Å²) in [6.07, 6.45) is 0.944. The molecule has 0 bridgehead atoms. The third kappa shape index (κ3) is 5.65. The van der Waals surface area contributed by atoms with Gasteiger partial charge in [-0.25, -0.2) is 8.42 Å². The number of methoxy groups -OCH3 is 2. The van der Waals surface area contributed by atoms with Crippen LogP contribution in [0.5, 0.6) is 17.4 Å². The van der Waals surface area contributed by atoms with Crippen LogP contribution < -0.4 is 15.0 Å². The summed E-state index contributed by atoms with van der Waals surface area (Å²) in [6, 6.07) is 18.1. The average molecular weight is 569 g/mol. The summed E-state index contributed by atoms with van der Waals surface area (Å²) in [4.78, 5) is 17.2. The highest BCUT2D eigenvalue weighted by Gasteiger charge is 2.31. The quantitative estimate of drug-likeness (QED) is 0.276. The molecule has 1 heterocycles. The lowest BCUT2D eigenvalue weighted by molar-refractivity contribution is 0.386. The highest BCUT2D eigenvalue weighted by atomic mass is 35.5. The van der Waals surface area contributed by atoms with Gasteiger partial charge >= 0.3 is 0 Å². The van der Waals surface area contributed by atoms with Crippen LogP contribution in [0, 0.1) is 5.92 Å². The number of para-hydroxylation sites is 1. The maximum Gasteiger partial charge on any atom is 0.281 e. The van der Waals surface area contributed by atoms with Crippen LogP contribution in [0.15, 0.2) is 81.3 Å². The summed E-state index contributed by atoms with van der Waals surface area (Å²) in [5.41, 5.74) is 0.847. The molecule has 0 aliphatic rings. The summed E-state index contributed by atoms with van der Waals surface area (Å²) in [5, 5.41) is 11.4. The van der Waals surface area contributed by atoms with Gasteiger partial charge in [-0.05, 0) is 59.9 Å². The fourth-order valence-corrected chi connectivity index (χ4v) is 5.69. The molecule has 0 radical (unpaired) electrons. The molecule has 1 N–H and O–H groups in total. The van der Waals surface area contributed by atoms with Crippen LogP contribution in [0.1, 0.15) is 26.1 Å². The van der Waals surface area contributed by atoms with Crippen LogP contribution in [-0.2, 0) is 16.3 Å². The molecule has 0 atom stereocenters. The summed E-state index contributed by atoms with van der Waals surface area (Å²) < 4.78 is 39.6. The number of aromatic nitrogens is 2. The second-order valence-corrected chi connectivity index (χ2v) is 11.6. The van der Waals surface area contributed by atoms with Crippen LogP contribution in [0.3, 0.4) is 0 Å². The Morgan fingerprint density at radius 3 is 1.97 bits per heavy atom. The molecule has 1 aromatic heterocycles. The maximum atomic E-state index is 14.0. The fraction of sp³-hybridized carbons (Fsp3) is 0.241. The van der Waals surface area contributed by atoms with E-state index in [0.717, 1.165) is 15.7 Å². The maximum absolute atomic E-state index is 14.0. The smallest absolute Gasteiger partial charge is 0.281 e. The van der Waals surface area contributed by atoms with E-state index in [2.05, 4.69) is 4.98 Å². The van der Waals surface area contributed by atoms with E-state index in [1.807, 2.05) is 26.0 Å². The van der Waals surface area contributed by atoms with Crippen molar-refractivity contribution in [2.45, 2.75) is 36.5 Å². The Morgan fingerprint density at radius 2 is 1.46 bits per heavy atom. The summed E-state index contributed by atoms with van der Waals surface area (Å²) in [6.45, 7) is 4.02. The number of aryl methyl sites for hydroxylation is 1. The van der Waals surface area contributed by atoms with E-state index in [4.69, 9.17) is 21.1 Å². The molecular formula is C29H29ClN2O6S. The van der Waals surface area contributed by atoms with Crippen LogP contribution in [0.2, 0.25) is 5.02 Å². The number of halogens is 1. The Morgan fingerprint density at radius 1 is 0.923 bits per heavy atom. The molecular weight excluding hydrogens is 540 g/mol. The highest BCUT2D eigenvalue weighted by Crippen LogP contribution is 2.34. The van der Waals surface area contributed by atoms with Gasteiger partial charge in [-0.15, -0.1) is 0 Å². The SMILES string of the molecule is COc1cccc(OC)c1-n1c(CCC(C)C)nc(O)c(S(=O)(=O)c2ccc(-c3ccc(Cl)cc3)cc2)c1=O. The van der Waals surface area contributed by atoms with Gasteiger partial charge in [-0.3, -0.25) is 9.36 Å². The number of nitrogens with zero attached hydrogens (tertiary/aromatic N) is 2.